The number of imidazole rings is 1. The molecule has 152 valence electrons. The lowest BCUT2D eigenvalue weighted by Gasteiger charge is -2.32. The third kappa shape index (κ3) is 4.05. The highest BCUT2D eigenvalue weighted by Gasteiger charge is 2.28. The van der Waals surface area contributed by atoms with Crippen molar-refractivity contribution in [2.24, 2.45) is 5.73 Å². The Labute approximate surface area is 172 Å². The molecule has 3 aromatic rings. The van der Waals surface area contributed by atoms with Gasteiger partial charge in [-0.25, -0.2) is 15.0 Å². The molecule has 0 spiro atoms. The summed E-state index contributed by atoms with van der Waals surface area (Å²) in [5.74, 6) is 1.88. The summed E-state index contributed by atoms with van der Waals surface area (Å²) in [6, 6.07) is 11.1. The summed E-state index contributed by atoms with van der Waals surface area (Å²) in [4.78, 5) is 20.3. The van der Waals surface area contributed by atoms with Crippen molar-refractivity contribution >= 4 is 11.2 Å². The van der Waals surface area contributed by atoms with Crippen molar-refractivity contribution in [2.45, 2.75) is 62.9 Å². The van der Waals surface area contributed by atoms with Crippen LogP contribution < -0.4 is 5.73 Å². The number of H-pyrrole nitrogens is 1. The zero-order chi connectivity index (χ0) is 19.6. The van der Waals surface area contributed by atoms with E-state index in [1.54, 1.807) is 6.33 Å². The first-order valence-electron chi connectivity index (χ1n) is 11.0. The molecule has 3 N–H and O–H groups in total. The normalized spacial score (nSPS) is 24.2. The number of nitrogens with zero attached hydrogens (tertiary/aromatic N) is 4. The predicted octanol–water partition coefficient (Wildman–Crippen LogP) is 3.72. The van der Waals surface area contributed by atoms with Crippen molar-refractivity contribution in [3.05, 3.63) is 53.7 Å². The highest BCUT2D eigenvalue weighted by atomic mass is 15.1. The number of hydrogen-bond donors (Lipinski definition) is 2. The minimum Gasteiger partial charge on any atom is -0.342 e. The Bertz CT molecular complexity index is 936. The summed E-state index contributed by atoms with van der Waals surface area (Å²) in [5, 5.41) is 0. The van der Waals surface area contributed by atoms with Crippen LogP contribution in [-0.2, 0) is 6.54 Å². The molecule has 6 heteroatoms. The minimum atomic E-state index is 0.341. The number of likely N-dealkylation sites (tertiary alicyclic amines) is 1. The van der Waals surface area contributed by atoms with Crippen molar-refractivity contribution in [3.8, 4) is 0 Å². The highest BCUT2D eigenvalue weighted by molar-refractivity contribution is 5.73. The molecule has 0 atom stereocenters. The van der Waals surface area contributed by atoms with Crippen LogP contribution in [0.1, 0.15) is 67.4 Å². The van der Waals surface area contributed by atoms with Gasteiger partial charge in [0.25, 0.3) is 0 Å². The van der Waals surface area contributed by atoms with Gasteiger partial charge in [-0.1, -0.05) is 30.3 Å². The van der Waals surface area contributed by atoms with E-state index in [4.69, 9.17) is 15.7 Å². The van der Waals surface area contributed by atoms with Crippen molar-refractivity contribution in [2.75, 3.05) is 13.1 Å². The SMILES string of the molecule is NC1CCC(c2nc(C3CCN(Cc4ccccc4)CC3)c3[nH]cnc3n2)CC1. The number of fused-ring (bicyclic) bond motifs is 1. The van der Waals surface area contributed by atoms with E-state index in [9.17, 15) is 0 Å². The van der Waals surface area contributed by atoms with E-state index in [0.29, 0.717) is 17.9 Å². The van der Waals surface area contributed by atoms with Crippen LogP contribution >= 0.6 is 0 Å². The predicted molar refractivity (Wildman–Crippen MR) is 115 cm³/mol. The molecule has 0 amide bonds. The molecule has 1 saturated carbocycles. The van der Waals surface area contributed by atoms with E-state index < -0.39 is 0 Å². The van der Waals surface area contributed by atoms with Gasteiger partial charge in [-0.3, -0.25) is 4.90 Å². The Kier molecular flexibility index (Phi) is 5.29. The van der Waals surface area contributed by atoms with Gasteiger partial charge in [0.2, 0.25) is 0 Å². The quantitative estimate of drug-likeness (QED) is 0.709. The lowest BCUT2D eigenvalue weighted by atomic mass is 9.85. The number of piperidine rings is 1. The second-order valence-electron chi connectivity index (χ2n) is 8.72. The van der Waals surface area contributed by atoms with Crippen molar-refractivity contribution < 1.29 is 0 Å². The summed E-state index contributed by atoms with van der Waals surface area (Å²) < 4.78 is 0. The van der Waals surface area contributed by atoms with Crippen LogP contribution in [0.4, 0.5) is 0 Å². The van der Waals surface area contributed by atoms with Gasteiger partial charge in [0.05, 0.1) is 12.0 Å². The molecule has 0 unspecified atom stereocenters. The minimum absolute atomic E-state index is 0.341. The summed E-state index contributed by atoms with van der Waals surface area (Å²) in [6.45, 7) is 3.24. The van der Waals surface area contributed by atoms with E-state index >= 15 is 0 Å². The van der Waals surface area contributed by atoms with E-state index in [1.165, 1.54) is 11.3 Å². The molecule has 2 aliphatic rings. The molecule has 6 nitrogen and oxygen atoms in total. The standard InChI is InChI=1S/C23H30N6/c24-19-8-6-18(7-9-19)22-27-20(21-23(28-22)26-15-25-21)17-10-12-29(13-11-17)14-16-4-2-1-3-5-16/h1-5,15,17-19H,6-14,24H2,(H,25,26,27,28). The largest absolute Gasteiger partial charge is 0.342 e. The maximum absolute atomic E-state index is 6.10. The molecule has 5 rings (SSSR count). The first-order valence-corrected chi connectivity index (χ1v) is 11.0. The fraction of sp³-hybridized carbons (Fsp3) is 0.522. The second-order valence-corrected chi connectivity index (χ2v) is 8.72. The lowest BCUT2D eigenvalue weighted by molar-refractivity contribution is 0.203. The molecule has 1 aromatic carbocycles. The number of benzene rings is 1. The van der Waals surface area contributed by atoms with Crippen LogP contribution in [0.2, 0.25) is 0 Å². The second kappa shape index (κ2) is 8.20. The molecule has 1 aliphatic heterocycles. The average Bonchev–Trinajstić information content (AvgIpc) is 3.24. The van der Waals surface area contributed by atoms with E-state index in [-0.39, 0.29) is 0 Å². The van der Waals surface area contributed by atoms with E-state index in [1.807, 2.05) is 0 Å². The maximum Gasteiger partial charge on any atom is 0.181 e. The number of aromatic amines is 1. The van der Waals surface area contributed by atoms with Crippen LogP contribution in [-0.4, -0.2) is 44.0 Å². The lowest BCUT2D eigenvalue weighted by Crippen LogP contribution is -2.33. The maximum atomic E-state index is 6.10. The number of aromatic nitrogens is 4. The van der Waals surface area contributed by atoms with Gasteiger partial charge in [-0.15, -0.1) is 0 Å². The van der Waals surface area contributed by atoms with Gasteiger partial charge in [-0.05, 0) is 57.2 Å². The Morgan fingerprint density at radius 2 is 1.69 bits per heavy atom. The van der Waals surface area contributed by atoms with Gasteiger partial charge in [0.15, 0.2) is 5.65 Å². The Hall–Kier alpha value is -2.31. The van der Waals surface area contributed by atoms with Crippen LogP contribution in [0.25, 0.3) is 11.2 Å². The van der Waals surface area contributed by atoms with Gasteiger partial charge >= 0.3 is 0 Å². The zero-order valence-electron chi connectivity index (χ0n) is 16.9. The molecular weight excluding hydrogens is 360 g/mol. The summed E-state index contributed by atoms with van der Waals surface area (Å²) in [5.41, 5.74) is 10.5. The van der Waals surface area contributed by atoms with Crippen molar-refractivity contribution in [1.29, 1.82) is 0 Å². The summed E-state index contributed by atoms with van der Waals surface area (Å²) in [6.07, 6.45) is 8.34. The smallest absolute Gasteiger partial charge is 0.181 e. The third-order valence-electron chi connectivity index (χ3n) is 6.69. The molecular formula is C23H30N6. The fourth-order valence-electron chi connectivity index (χ4n) is 4.93. The average molecular weight is 391 g/mol. The van der Waals surface area contributed by atoms with Crippen LogP contribution in [0, 0.1) is 0 Å². The summed E-state index contributed by atoms with van der Waals surface area (Å²) in [7, 11) is 0. The van der Waals surface area contributed by atoms with E-state index in [2.05, 4.69) is 45.2 Å². The monoisotopic (exact) mass is 390 g/mol. The fourth-order valence-corrected chi connectivity index (χ4v) is 4.93. The number of nitrogens with one attached hydrogen (secondary N) is 1. The Morgan fingerprint density at radius 3 is 2.45 bits per heavy atom. The van der Waals surface area contributed by atoms with Gasteiger partial charge in [0.1, 0.15) is 11.3 Å². The molecule has 0 radical (unpaired) electrons. The van der Waals surface area contributed by atoms with Crippen molar-refractivity contribution in [1.82, 2.24) is 24.8 Å². The molecule has 2 aromatic heterocycles. The first kappa shape index (κ1) is 18.7. The molecule has 3 heterocycles. The van der Waals surface area contributed by atoms with Gasteiger partial charge < -0.3 is 10.7 Å². The topological polar surface area (TPSA) is 83.7 Å². The van der Waals surface area contributed by atoms with Crippen LogP contribution in [0.15, 0.2) is 36.7 Å². The number of hydrogen-bond acceptors (Lipinski definition) is 5. The van der Waals surface area contributed by atoms with Crippen molar-refractivity contribution in [3.63, 3.8) is 0 Å². The van der Waals surface area contributed by atoms with Crippen LogP contribution in [0.3, 0.4) is 0 Å². The Balaban J connectivity index is 1.33. The Morgan fingerprint density at radius 1 is 0.931 bits per heavy atom. The number of nitrogens with two attached hydrogens (primary N) is 1. The third-order valence-corrected chi connectivity index (χ3v) is 6.69. The molecule has 29 heavy (non-hydrogen) atoms. The van der Waals surface area contributed by atoms with Gasteiger partial charge in [-0.2, -0.15) is 0 Å². The molecule has 1 aliphatic carbocycles. The molecule has 1 saturated heterocycles. The first-order chi connectivity index (χ1) is 14.3. The van der Waals surface area contributed by atoms with Gasteiger partial charge in [0, 0.05) is 24.4 Å². The highest BCUT2D eigenvalue weighted by Crippen LogP contribution is 2.35. The van der Waals surface area contributed by atoms with E-state index in [0.717, 1.165) is 75.1 Å². The van der Waals surface area contributed by atoms with Crippen LogP contribution in [0.5, 0.6) is 0 Å². The molecule has 2 fully saturated rings. The summed E-state index contributed by atoms with van der Waals surface area (Å²) >= 11 is 0. The zero-order valence-corrected chi connectivity index (χ0v) is 16.9. The molecule has 0 bridgehead atoms. The number of rotatable bonds is 4.